The van der Waals surface area contributed by atoms with Crippen LogP contribution >= 0.6 is 23.2 Å². The van der Waals surface area contributed by atoms with Crippen molar-refractivity contribution in [3.63, 3.8) is 0 Å². The van der Waals surface area contributed by atoms with E-state index >= 15 is 0 Å². The Morgan fingerprint density at radius 2 is 1.67 bits per heavy atom. The van der Waals surface area contributed by atoms with Crippen molar-refractivity contribution in [2.24, 2.45) is 0 Å². The molecule has 9 heteroatoms. The van der Waals surface area contributed by atoms with Crippen LogP contribution in [-0.4, -0.2) is 30.7 Å². The number of nitrogens with zero attached hydrogens (tertiary/aromatic N) is 4. The Morgan fingerprint density at radius 1 is 0.905 bits per heavy atom. The molecule has 42 heavy (non-hydrogen) atoms. The molecule has 2 aromatic carbocycles. The molecule has 1 amide bonds. The summed E-state index contributed by atoms with van der Waals surface area (Å²) in [4.78, 5) is 32.1. The summed E-state index contributed by atoms with van der Waals surface area (Å²) in [6.45, 7) is 1.81. The minimum Gasteiger partial charge on any atom is -0.348 e. The van der Waals surface area contributed by atoms with Crippen molar-refractivity contribution in [3.8, 4) is 11.4 Å². The Bertz CT molecular complexity index is 1650. The topological polar surface area (TPSA) is 86.8 Å². The summed E-state index contributed by atoms with van der Waals surface area (Å²) < 4.78 is 0. The molecule has 6 rings (SSSR count). The summed E-state index contributed by atoms with van der Waals surface area (Å²) in [5, 5.41) is 3.35. The lowest BCUT2D eigenvalue weighted by atomic mass is 9.90. The molecule has 0 bridgehead atoms. The van der Waals surface area contributed by atoms with Gasteiger partial charge < -0.3 is 10.3 Å². The number of rotatable bonds is 9. The van der Waals surface area contributed by atoms with Crippen LogP contribution < -0.4 is 5.32 Å². The molecule has 212 valence electrons. The highest BCUT2D eigenvalue weighted by Crippen LogP contribution is 2.35. The van der Waals surface area contributed by atoms with E-state index in [1.807, 2.05) is 48.8 Å². The van der Waals surface area contributed by atoms with Gasteiger partial charge in [0, 0.05) is 55.7 Å². The number of aromatic nitrogens is 4. The number of aromatic amines is 1. The van der Waals surface area contributed by atoms with Gasteiger partial charge in [0.15, 0.2) is 0 Å². The number of imidazole rings is 1. The molecule has 1 atom stereocenters. The van der Waals surface area contributed by atoms with Crippen LogP contribution in [0.25, 0.3) is 11.4 Å². The van der Waals surface area contributed by atoms with Crippen LogP contribution in [0.15, 0.2) is 91.5 Å². The molecule has 0 radical (unpaired) electrons. The number of carbonyl (C=O) groups excluding carboxylic acids is 1. The van der Waals surface area contributed by atoms with Crippen LogP contribution in [0.4, 0.5) is 0 Å². The Morgan fingerprint density at radius 3 is 2.45 bits per heavy atom. The summed E-state index contributed by atoms with van der Waals surface area (Å²) in [5.74, 6) is 0.536. The third-order valence-electron chi connectivity index (χ3n) is 7.60. The summed E-state index contributed by atoms with van der Waals surface area (Å²) in [6, 6.07) is 22.9. The lowest BCUT2D eigenvalue weighted by Gasteiger charge is -2.35. The first kappa shape index (κ1) is 28.1. The Kier molecular flexibility index (Phi) is 8.60. The number of carbonyl (C=O) groups is 1. The van der Waals surface area contributed by atoms with Gasteiger partial charge >= 0.3 is 0 Å². The molecule has 0 fully saturated rings. The van der Waals surface area contributed by atoms with E-state index in [2.05, 4.69) is 55.5 Å². The van der Waals surface area contributed by atoms with Crippen molar-refractivity contribution in [1.29, 1.82) is 0 Å². The fraction of sp³-hybridized carbons (Fsp3) is 0.212. The Balaban J connectivity index is 1.19. The van der Waals surface area contributed by atoms with Gasteiger partial charge in [0.25, 0.3) is 5.91 Å². The van der Waals surface area contributed by atoms with E-state index in [0.29, 0.717) is 13.1 Å². The van der Waals surface area contributed by atoms with Crippen LogP contribution in [0.3, 0.4) is 0 Å². The third-order valence-corrected chi connectivity index (χ3v) is 8.17. The fourth-order valence-electron chi connectivity index (χ4n) is 5.51. The maximum absolute atomic E-state index is 12.7. The first-order valence-electron chi connectivity index (χ1n) is 14.0. The minimum absolute atomic E-state index is 0.201. The van der Waals surface area contributed by atoms with E-state index in [9.17, 15) is 4.79 Å². The predicted octanol–water partition coefficient (Wildman–Crippen LogP) is 7.18. The van der Waals surface area contributed by atoms with Crippen molar-refractivity contribution in [1.82, 2.24) is 30.2 Å². The van der Waals surface area contributed by atoms with Gasteiger partial charge in [0.05, 0.1) is 27.3 Å². The van der Waals surface area contributed by atoms with Crippen molar-refractivity contribution in [3.05, 3.63) is 135 Å². The first-order chi connectivity index (χ1) is 20.5. The molecule has 0 saturated heterocycles. The van der Waals surface area contributed by atoms with Gasteiger partial charge in [-0.2, -0.15) is 0 Å². The van der Waals surface area contributed by atoms with Gasteiger partial charge in [-0.1, -0.05) is 83.9 Å². The quantitative estimate of drug-likeness (QED) is 0.188. The second kappa shape index (κ2) is 12.9. The van der Waals surface area contributed by atoms with Gasteiger partial charge in [-0.05, 0) is 42.0 Å². The van der Waals surface area contributed by atoms with Crippen molar-refractivity contribution < 1.29 is 4.79 Å². The van der Waals surface area contributed by atoms with Crippen LogP contribution in [0.5, 0.6) is 0 Å². The predicted molar refractivity (Wildman–Crippen MR) is 165 cm³/mol. The number of benzene rings is 2. The second-order valence-electron chi connectivity index (χ2n) is 10.5. The van der Waals surface area contributed by atoms with Crippen molar-refractivity contribution in [2.75, 3.05) is 0 Å². The van der Waals surface area contributed by atoms with Gasteiger partial charge in [0.1, 0.15) is 5.82 Å². The second-order valence-corrected chi connectivity index (χ2v) is 11.3. The minimum atomic E-state index is -0.333. The molecular weight excluding hydrogens is 567 g/mol. The fourth-order valence-corrected chi connectivity index (χ4v) is 6.05. The zero-order chi connectivity index (χ0) is 28.9. The molecule has 0 aliphatic heterocycles. The van der Waals surface area contributed by atoms with Gasteiger partial charge in [-0.25, -0.2) is 4.98 Å². The van der Waals surface area contributed by atoms with Crippen LogP contribution in [0.2, 0.25) is 10.0 Å². The highest BCUT2D eigenvalue weighted by molar-refractivity contribution is 6.39. The average Bonchev–Trinajstić information content (AvgIpc) is 3.49. The third kappa shape index (κ3) is 6.39. The number of H-pyrrole nitrogens is 1. The van der Waals surface area contributed by atoms with E-state index in [1.54, 1.807) is 0 Å². The highest BCUT2D eigenvalue weighted by atomic mass is 35.5. The molecule has 0 spiro atoms. The van der Waals surface area contributed by atoms with E-state index in [-0.39, 0.29) is 27.6 Å². The molecule has 3 aromatic heterocycles. The zero-order valence-electron chi connectivity index (χ0n) is 22.9. The zero-order valence-corrected chi connectivity index (χ0v) is 24.4. The van der Waals surface area contributed by atoms with Crippen molar-refractivity contribution >= 4 is 29.1 Å². The maximum atomic E-state index is 12.7. The SMILES string of the molecule is O=C(NCc1ccc(CN(Cc2cnc(-c3ccccc3)[nH]2)C2CCCc3cccnc32)cc1)c1c(Cl)cncc1Cl. The molecule has 1 aliphatic rings. The summed E-state index contributed by atoms with van der Waals surface area (Å²) in [6.07, 6.45) is 9.89. The standard InChI is InChI=1S/C33H30Cl2N6O/c34-27-18-36-19-28(35)30(27)33(42)39-16-22-11-13-23(14-12-22)20-41(29-10-4-8-24-9-5-15-37-31(24)29)21-26-17-38-32(40-26)25-6-2-1-3-7-25/h1-3,5-7,9,11-15,17-19,29H,4,8,10,16,20-21H2,(H,38,40)(H,39,42). The number of nitrogens with one attached hydrogen (secondary N) is 2. The van der Waals surface area contributed by atoms with E-state index in [1.165, 1.54) is 29.2 Å². The number of hydrogen-bond acceptors (Lipinski definition) is 5. The number of halogens is 2. The summed E-state index contributed by atoms with van der Waals surface area (Å²) in [7, 11) is 0. The maximum Gasteiger partial charge on any atom is 0.254 e. The lowest BCUT2D eigenvalue weighted by molar-refractivity contribution is 0.0951. The molecule has 5 aromatic rings. The summed E-state index contributed by atoms with van der Waals surface area (Å²) >= 11 is 12.3. The van der Waals surface area contributed by atoms with E-state index in [0.717, 1.165) is 48.5 Å². The largest absolute Gasteiger partial charge is 0.348 e. The first-order valence-corrected chi connectivity index (χ1v) is 14.7. The van der Waals surface area contributed by atoms with Crippen LogP contribution in [0, 0.1) is 0 Å². The molecule has 2 N–H and O–H groups in total. The van der Waals surface area contributed by atoms with Crippen molar-refractivity contribution in [2.45, 2.75) is 44.9 Å². The number of aryl methyl sites for hydroxylation is 1. The molecule has 3 heterocycles. The van der Waals surface area contributed by atoms with Gasteiger partial charge in [-0.15, -0.1) is 0 Å². The molecule has 7 nitrogen and oxygen atoms in total. The van der Waals surface area contributed by atoms with Gasteiger partial charge in [-0.3, -0.25) is 19.7 Å². The number of pyridine rings is 2. The normalized spacial score (nSPS) is 14.5. The Hall–Kier alpha value is -4.04. The number of fused-ring (bicyclic) bond motifs is 1. The smallest absolute Gasteiger partial charge is 0.254 e. The molecule has 1 unspecified atom stereocenters. The lowest BCUT2D eigenvalue weighted by Crippen LogP contribution is -2.31. The van der Waals surface area contributed by atoms with E-state index in [4.69, 9.17) is 28.2 Å². The van der Waals surface area contributed by atoms with Crippen LogP contribution in [-0.2, 0) is 26.1 Å². The molecular formula is C33H30Cl2N6O. The van der Waals surface area contributed by atoms with Crippen LogP contribution in [0.1, 0.15) is 57.3 Å². The highest BCUT2D eigenvalue weighted by Gasteiger charge is 2.28. The monoisotopic (exact) mass is 596 g/mol. The number of hydrogen-bond donors (Lipinski definition) is 2. The average molecular weight is 598 g/mol. The number of amides is 1. The molecule has 1 aliphatic carbocycles. The van der Waals surface area contributed by atoms with E-state index < -0.39 is 0 Å². The Labute approximate surface area is 255 Å². The summed E-state index contributed by atoms with van der Waals surface area (Å²) in [5.41, 5.74) is 7.01. The molecule has 0 saturated carbocycles. The van der Waals surface area contributed by atoms with Gasteiger partial charge in [0.2, 0.25) is 0 Å².